The Morgan fingerprint density at radius 2 is 2.33 bits per heavy atom. The highest BCUT2D eigenvalue weighted by atomic mass is 16.5. The minimum absolute atomic E-state index is 0.0540. The Hall–Kier alpha value is -0.870. The van der Waals surface area contributed by atoms with Crippen LogP contribution in [0.25, 0.3) is 0 Å². The molecule has 2 atom stereocenters. The van der Waals surface area contributed by atoms with Crippen LogP contribution in [0.4, 0.5) is 0 Å². The first-order valence-electron chi connectivity index (χ1n) is 6.86. The van der Waals surface area contributed by atoms with Crippen LogP contribution >= 0.6 is 0 Å². The Morgan fingerprint density at radius 3 is 2.89 bits per heavy atom. The molecule has 4 heteroatoms. The van der Waals surface area contributed by atoms with E-state index in [0.717, 1.165) is 13.2 Å². The van der Waals surface area contributed by atoms with E-state index < -0.39 is 0 Å². The highest BCUT2D eigenvalue weighted by molar-refractivity contribution is 5.05. The van der Waals surface area contributed by atoms with E-state index >= 15 is 0 Å². The van der Waals surface area contributed by atoms with Crippen LogP contribution in [0.3, 0.4) is 0 Å². The lowest BCUT2D eigenvalue weighted by Gasteiger charge is -2.20. The summed E-state index contributed by atoms with van der Waals surface area (Å²) in [5, 5.41) is 7.94. The van der Waals surface area contributed by atoms with Gasteiger partial charge in [-0.25, -0.2) is 0 Å². The van der Waals surface area contributed by atoms with E-state index in [2.05, 4.69) is 44.3 Å². The van der Waals surface area contributed by atoms with Gasteiger partial charge in [0.2, 0.25) is 0 Å². The number of rotatable bonds is 4. The maximum absolute atomic E-state index is 5.68. The van der Waals surface area contributed by atoms with Crippen LogP contribution in [0.5, 0.6) is 0 Å². The third-order valence-electron chi connectivity index (χ3n) is 3.47. The fourth-order valence-electron chi connectivity index (χ4n) is 2.23. The van der Waals surface area contributed by atoms with E-state index in [1.165, 1.54) is 18.4 Å². The van der Waals surface area contributed by atoms with Gasteiger partial charge in [0.15, 0.2) is 0 Å². The number of aromatic nitrogens is 2. The standard InChI is InChI=1S/C14H25N3O/c1-11(13-6-5-7-18-13)15-8-12-9-16-17(10-12)14(2,3)4/h9-11,13,15H,5-8H2,1-4H3/t11-,13-/m1/s1. The van der Waals surface area contributed by atoms with E-state index in [-0.39, 0.29) is 5.54 Å². The quantitative estimate of drug-likeness (QED) is 0.892. The predicted octanol–water partition coefficient (Wildman–Crippen LogP) is 2.30. The van der Waals surface area contributed by atoms with Crippen molar-refractivity contribution in [2.75, 3.05) is 6.61 Å². The van der Waals surface area contributed by atoms with Crippen LogP contribution in [-0.4, -0.2) is 28.5 Å². The van der Waals surface area contributed by atoms with Gasteiger partial charge in [0.25, 0.3) is 0 Å². The molecule has 2 heterocycles. The van der Waals surface area contributed by atoms with Gasteiger partial charge >= 0.3 is 0 Å². The van der Waals surface area contributed by atoms with Gasteiger partial charge in [-0.1, -0.05) is 0 Å². The molecule has 1 N–H and O–H groups in total. The van der Waals surface area contributed by atoms with E-state index in [9.17, 15) is 0 Å². The molecule has 4 nitrogen and oxygen atoms in total. The summed E-state index contributed by atoms with van der Waals surface area (Å²) in [7, 11) is 0. The molecule has 0 aromatic carbocycles. The topological polar surface area (TPSA) is 39.1 Å². The second kappa shape index (κ2) is 5.41. The van der Waals surface area contributed by atoms with Crippen LogP contribution in [0.15, 0.2) is 12.4 Å². The highest BCUT2D eigenvalue weighted by Gasteiger charge is 2.22. The maximum Gasteiger partial charge on any atom is 0.0726 e. The normalized spacial score (nSPS) is 22.3. The Labute approximate surface area is 110 Å². The number of nitrogens with one attached hydrogen (secondary N) is 1. The summed E-state index contributed by atoms with van der Waals surface area (Å²) >= 11 is 0. The predicted molar refractivity (Wildman–Crippen MR) is 72.5 cm³/mol. The lowest BCUT2D eigenvalue weighted by molar-refractivity contribution is 0.0832. The third kappa shape index (κ3) is 3.33. The number of ether oxygens (including phenoxy) is 1. The molecule has 18 heavy (non-hydrogen) atoms. The molecular weight excluding hydrogens is 226 g/mol. The molecule has 0 saturated carbocycles. The monoisotopic (exact) mass is 251 g/mol. The molecular formula is C14H25N3O. The summed E-state index contributed by atoms with van der Waals surface area (Å²) in [6.07, 6.45) is 6.81. The van der Waals surface area contributed by atoms with Crippen molar-refractivity contribution < 1.29 is 4.74 Å². The second-order valence-corrected chi connectivity index (χ2v) is 6.19. The molecule has 1 aromatic rings. The molecule has 2 rings (SSSR count). The Balaban J connectivity index is 1.84. The molecule has 0 unspecified atom stereocenters. The second-order valence-electron chi connectivity index (χ2n) is 6.19. The van der Waals surface area contributed by atoms with Crippen LogP contribution in [0.2, 0.25) is 0 Å². The molecule has 1 aromatic heterocycles. The zero-order valence-corrected chi connectivity index (χ0v) is 11.9. The third-order valence-corrected chi connectivity index (χ3v) is 3.47. The zero-order chi connectivity index (χ0) is 13.2. The first-order valence-corrected chi connectivity index (χ1v) is 6.86. The SMILES string of the molecule is C[C@@H](NCc1cnn(C(C)(C)C)c1)[C@H]1CCCO1. The summed E-state index contributed by atoms with van der Waals surface area (Å²) in [4.78, 5) is 0. The highest BCUT2D eigenvalue weighted by Crippen LogP contribution is 2.16. The van der Waals surface area contributed by atoms with Crippen molar-refractivity contribution >= 4 is 0 Å². The molecule has 1 aliphatic heterocycles. The Bertz CT molecular complexity index is 375. The molecule has 0 spiro atoms. The van der Waals surface area contributed by atoms with Gasteiger partial charge < -0.3 is 10.1 Å². The van der Waals surface area contributed by atoms with Gasteiger partial charge in [-0.2, -0.15) is 5.10 Å². The van der Waals surface area contributed by atoms with E-state index in [1.54, 1.807) is 0 Å². The summed E-state index contributed by atoms with van der Waals surface area (Å²) < 4.78 is 7.69. The van der Waals surface area contributed by atoms with Gasteiger partial charge in [-0.15, -0.1) is 0 Å². The van der Waals surface area contributed by atoms with Crippen molar-refractivity contribution in [3.63, 3.8) is 0 Å². The lowest BCUT2D eigenvalue weighted by Crippen LogP contribution is -2.36. The average molecular weight is 251 g/mol. The molecule has 0 radical (unpaired) electrons. The van der Waals surface area contributed by atoms with E-state index in [4.69, 9.17) is 4.74 Å². The van der Waals surface area contributed by atoms with E-state index in [1.807, 2.05) is 10.9 Å². The average Bonchev–Trinajstić information content (AvgIpc) is 2.96. The maximum atomic E-state index is 5.68. The van der Waals surface area contributed by atoms with E-state index in [0.29, 0.717) is 12.1 Å². The molecule has 1 saturated heterocycles. The van der Waals surface area contributed by atoms with Gasteiger partial charge in [0, 0.05) is 31.0 Å². The minimum Gasteiger partial charge on any atom is -0.377 e. The van der Waals surface area contributed by atoms with Crippen molar-refractivity contribution in [3.05, 3.63) is 18.0 Å². The van der Waals surface area contributed by atoms with Gasteiger partial charge in [-0.05, 0) is 40.5 Å². The van der Waals surface area contributed by atoms with Crippen LogP contribution in [0.1, 0.15) is 46.1 Å². The summed E-state index contributed by atoms with van der Waals surface area (Å²) in [6.45, 7) is 10.4. The molecule has 1 fully saturated rings. The fourth-order valence-corrected chi connectivity index (χ4v) is 2.23. The minimum atomic E-state index is 0.0540. The Morgan fingerprint density at radius 1 is 1.56 bits per heavy atom. The number of hydrogen-bond acceptors (Lipinski definition) is 3. The summed E-state index contributed by atoms with van der Waals surface area (Å²) in [5.74, 6) is 0. The molecule has 0 amide bonds. The van der Waals surface area contributed by atoms with Crippen LogP contribution in [-0.2, 0) is 16.8 Å². The van der Waals surface area contributed by atoms with Crippen LogP contribution in [0, 0.1) is 0 Å². The van der Waals surface area contributed by atoms with Gasteiger partial charge in [0.1, 0.15) is 0 Å². The van der Waals surface area contributed by atoms with Crippen molar-refractivity contribution in [2.24, 2.45) is 0 Å². The van der Waals surface area contributed by atoms with Crippen molar-refractivity contribution in [1.29, 1.82) is 0 Å². The number of nitrogens with zero attached hydrogens (tertiary/aromatic N) is 2. The summed E-state index contributed by atoms with van der Waals surface area (Å²) in [5.41, 5.74) is 1.29. The number of hydrogen-bond donors (Lipinski definition) is 1. The molecule has 102 valence electrons. The van der Waals surface area contributed by atoms with Crippen molar-refractivity contribution in [1.82, 2.24) is 15.1 Å². The smallest absolute Gasteiger partial charge is 0.0726 e. The Kier molecular flexibility index (Phi) is 4.07. The zero-order valence-electron chi connectivity index (χ0n) is 11.9. The molecule has 1 aliphatic rings. The lowest BCUT2D eigenvalue weighted by atomic mass is 10.1. The fraction of sp³-hybridized carbons (Fsp3) is 0.786. The van der Waals surface area contributed by atoms with Crippen molar-refractivity contribution in [3.8, 4) is 0 Å². The van der Waals surface area contributed by atoms with Crippen molar-refractivity contribution in [2.45, 2.75) is 64.8 Å². The first-order chi connectivity index (χ1) is 8.47. The first kappa shape index (κ1) is 13.6. The summed E-state index contributed by atoms with van der Waals surface area (Å²) in [6, 6.07) is 0.408. The van der Waals surface area contributed by atoms with Crippen LogP contribution < -0.4 is 5.32 Å². The largest absolute Gasteiger partial charge is 0.377 e. The molecule has 0 bridgehead atoms. The van der Waals surface area contributed by atoms with Gasteiger partial charge in [0.05, 0.1) is 17.8 Å². The van der Waals surface area contributed by atoms with Gasteiger partial charge in [-0.3, -0.25) is 4.68 Å². The molecule has 0 aliphatic carbocycles.